The number of pyridine rings is 1. The highest BCUT2D eigenvalue weighted by atomic mass is 79.9. The summed E-state index contributed by atoms with van der Waals surface area (Å²) in [6.07, 6.45) is 4.08. The molecular formula is C17H14BrN3OS2. The lowest BCUT2D eigenvalue weighted by molar-refractivity contribution is 0.341. The van der Waals surface area contributed by atoms with Gasteiger partial charge in [0.1, 0.15) is 11.4 Å². The molecule has 0 aliphatic heterocycles. The molecule has 0 atom stereocenters. The molecule has 0 N–H and O–H groups in total. The third kappa shape index (κ3) is 3.29. The van der Waals surface area contributed by atoms with Gasteiger partial charge in [-0.05, 0) is 53.2 Å². The Bertz CT molecular complexity index is 1010. The predicted molar refractivity (Wildman–Crippen MR) is 103 cm³/mol. The molecule has 7 heteroatoms. The Morgan fingerprint density at radius 1 is 1.21 bits per heavy atom. The standard InChI is InChI=1S/C17H14BrN3OS2/c1-2-22-13-4-5-14-15(7-13)24-17(20-14)23-10-12-9-21-8-11(18)3-6-16(21)19-12/h3-9H,2,10H2,1H3. The Hall–Kier alpha value is -1.57. The number of benzene rings is 1. The summed E-state index contributed by atoms with van der Waals surface area (Å²) < 4.78 is 10.8. The number of hydrogen-bond acceptors (Lipinski definition) is 5. The fourth-order valence-electron chi connectivity index (χ4n) is 2.42. The molecule has 0 unspecified atom stereocenters. The number of halogens is 1. The third-order valence-electron chi connectivity index (χ3n) is 3.46. The highest BCUT2D eigenvalue weighted by Crippen LogP contribution is 2.33. The first-order valence-corrected chi connectivity index (χ1v) is 10.1. The second-order valence-electron chi connectivity index (χ2n) is 5.18. The van der Waals surface area contributed by atoms with Gasteiger partial charge in [-0.25, -0.2) is 9.97 Å². The van der Waals surface area contributed by atoms with Crippen LogP contribution in [0.2, 0.25) is 0 Å². The Labute approximate surface area is 156 Å². The molecule has 0 fully saturated rings. The zero-order valence-electron chi connectivity index (χ0n) is 12.9. The van der Waals surface area contributed by atoms with Crippen LogP contribution in [0.1, 0.15) is 12.6 Å². The van der Waals surface area contributed by atoms with E-state index in [4.69, 9.17) is 4.74 Å². The van der Waals surface area contributed by atoms with Gasteiger partial charge in [-0.1, -0.05) is 11.8 Å². The normalized spacial score (nSPS) is 11.4. The smallest absolute Gasteiger partial charge is 0.151 e. The monoisotopic (exact) mass is 419 g/mol. The molecule has 122 valence electrons. The van der Waals surface area contributed by atoms with E-state index >= 15 is 0 Å². The summed E-state index contributed by atoms with van der Waals surface area (Å²) >= 11 is 6.89. The lowest BCUT2D eigenvalue weighted by Gasteiger charge is -2.00. The van der Waals surface area contributed by atoms with Crippen LogP contribution in [0.5, 0.6) is 5.75 Å². The molecule has 4 nitrogen and oxygen atoms in total. The zero-order chi connectivity index (χ0) is 16.5. The van der Waals surface area contributed by atoms with E-state index in [1.54, 1.807) is 23.1 Å². The summed E-state index contributed by atoms with van der Waals surface area (Å²) in [5.41, 5.74) is 3.02. The van der Waals surface area contributed by atoms with Crippen LogP contribution in [0.15, 0.2) is 51.5 Å². The quantitative estimate of drug-likeness (QED) is 0.406. The summed E-state index contributed by atoms with van der Waals surface area (Å²) in [6.45, 7) is 2.67. The summed E-state index contributed by atoms with van der Waals surface area (Å²) in [5.74, 6) is 1.70. The minimum absolute atomic E-state index is 0.677. The van der Waals surface area contributed by atoms with Gasteiger partial charge in [0.05, 0.1) is 22.5 Å². The number of aromatic nitrogens is 3. The van der Waals surface area contributed by atoms with E-state index < -0.39 is 0 Å². The fraction of sp³-hybridized carbons (Fsp3) is 0.176. The summed E-state index contributed by atoms with van der Waals surface area (Å²) in [7, 11) is 0. The Morgan fingerprint density at radius 3 is 3.00 bits per heavy atom. The van der Waals surface area contributed by atoms with Gasteiger partial charge in [0.15, 0.2) is 4.34 Å². The number of ether oxygens (including phenoxy) is 1. The second kappa shape index (κ2) is 6.74. The van der Waals surface area contributed by atoms with Gasteiger partial charge in [-0.3, -0.25) is 0 Å². The second-order valence-corrected chi connectivity index (χ2v) is 8.34. The van der Waals surface area contributed by atoms with Crippen molar-refractivity contribution in [2.45, 2.75) is 17.0 Å². The molecule has 0 radical (unpaired) electrons. The number of thiazole rings is 1. The molecule has 0 saturated carbocycles. The van der Waals surface area contributed by atoms with E-state index in [2.05, 4.69) is 38.2 Å². The maximum atomic E-state index is 5.55. The lowest BCUT2D eigenvalue weighted by Crippen LogP contribution is -1.89. The first kappa shape index (κ1) is 15.9. The van der Waals surface area contributed by atoms with Crippen molar-refractivity contribution >= 4 is 54.9 Å². The van der Waals surface area contributed by atoms with Gasteiger partial charge in [-0.15, -0.1) is 11.3 Å². The predicted octanol–water partition coefficient (Wildman–Crippen LogP) is 5.40. The van der Waals surface area contributed by atoms with Crippen molar-refractivity contribution in [3.63, 3.8) is 0 Å². The van der Waals surface area contributed by atoms with E-state index in [-0.39, 0.29) is 0 Å². The molecule has 3 aromatic heterocycles. The Kier molecular flexibility index (Phi) is 4.47. The van der Waals surface area contributed by atoms with Gasteiger partial charge in [0, 0.05) is 22.6 Å². The van der Waals surface area contributed by atoms with Crippen LogP contribution in [0.25, 0.3) is 15.9 Å². The SMILES string of the molecule is CCOc1ccc2nc(SCc3cn4cc(Br)ccc4n3)sc2c1. The van der Waals surface area contributed by atoms with Crippen LogP contribution in [0, 0.1) is 0 Å². The molecule has 0 saturated heterocycles. The van der Waals surface area contributed by atoms with Gasteiger partial charge < -0.3 is 9.14 Å². The van der Waals surface area contributed by atoms with Crippen LogP contribution < -0.4 is 4.74 Å². The highest BCUT2D eigenvalue weighted by Gasteiger charge is 2.08. The largest absolute Gasteiger partial charge is 0.494 e. The minimum atomic E-state index is 0.677. The molecule has 0 aliphatic carbocycles. The molecular weight excluding hydrogens is 406 g/mol. The molecule has 1 aromatic carbocycles. The van der Waals surface area contributed by atoms with Crippen molar-refractivity contribution in [2.24, 2.45) is 0 Å². The molecule has 3 heterocycles. The first-order valence-electron chi connectivity index (χ1n) is 7.50. The molecule has 24 heavy (non-hydrogen) atoms. The summed E-state index contributed by atoms with van der Waals surface area (Å²) in [5, 5.41) is 0. The molecule has 0 spiro atoms. The minimum Gasteiger partial charge on any atom is -0.494 e. The van der Waals surface area contributed by atoms with Crippen molar-refractivity contribution in [3.05, 3.63) is 52.9 Å². The van der Waals surface area contributed by atoms with E-state index in [0.717, 1.165) is 41.9 Å². The molecule has 0 aliphatic rings. The van der Waals surface area contributed by atoms with E-state index in [1.165, 1.54) is 0 Å². The van der Waals surface area contributed by atoms with Crippen LogP contribution in [-0.2, 0) is 5.75 Å². The van der Waals surface area contributed by atoms with Crippen molar-refractivity contribution in [1.82, 2.24) is 14.4 Å². The van der Waals surface area contributed by atoms with E-state index in [1.807, 2.05) is 41.8 Å². The number of thioether (sulfide) groups is 1. The number of fused-ring (bicyclic) bond motifs is 2. The maximum Gasteiger partial charge on any atom is 0.151 e. The van der Waals surface area contributed by atoms with Crippen LogP contribution in [0.4, 0.5) is 0 Å². The molecule has 0 bridgehead atoms. The lowest BCUT2D eigenvalue weighted by atomic mass is 10.3. The van der Waals surface area contributed by atoms with Crippen LogP contribution >= 0.6 is 39.0 Å². The molecule has 4 rings (SSSR count). The van der Waals surface area contributed by atoms with E-state index in [9.17, 15) is 0 Å². The number of rotatable bonds is 5. The average Bonchev–Trinajstić information content (AvgIpc) is 3.15. The Balaban J connectivity index is 1.52. The topological polar surface area (TPSA) is 39.4 Å². The van der Waals surface area contributed by atoms with Gasteiger partial charge >= 0.3 is 0 Å². The van der Waals surface area contributed by atoms with Gasteiger partial charge in [0.25, 0.3) is 0 Å². The maximum absolute atomic E-state index is 5.55. The zero-order valence-corrected chi connectivity index (χ0v) is 16.1. The van der Waals surface area contributed by atoms with Crippen molar-refractivity contribution in [1.29, 1.82) is 0 Å². The average molecular weight is 420 g/mol. The van der Waals surface area contributed by atoms with Crippen molar-refractivity contribution < 1.29 is 4.74 Å². The number of nitrogens with zero attached hydrogens (tertiary/aromatic N) is 3. The van der Waals surface area contributed by atoms with Gasteiger partial charge in [-0.2, -0.15) is 0 Å². The third-order valence-corrected chi connectivity index (χ3v) is 6.12. The van der Waals surface area contributed by atoms with Crippen molar-refractivity contribution in [2.75, 3.05) is 6.61 Å². The van der Waals surface area contributed by atoms with Crippen molar-refractivity contribution in [3.8, 4) is 5.75 Å². The molecule has 4 aromatic rings. The summed E-state index contributed by atoms with van der Waals surface area (Å²) in [4.78, 5) is 9.32. The first-order chi connectivity index (χ1) is 11.7. The Morgan fingerprint density at radius 2 is 2.12 bits per heavy atom. The molecule has 0 amide bonds. The number of imidazole rings is 1. The van der Waals surface area contributed by atoms with Crippen LogP contribution in [0.3, 0.4) is 0 Å². The summed E-state index contributed by atoms with van der Waals surface area (Å²) in [6, 6.07) is 10.1. The van der Waals surface area contributed by atoms with Crippen LogP contribution in [-0.4, -0.2) is 21.0 Å². The van der Waals surface area contributed by atoms with Gasteiger partial charge in [0.2, 0.25) is 0 Å². The van der Waals surface area contributed by atoms with E-state index in [0.29, 0.717) is 6.61 Å². The highest BCUT2D eigenvalue weighted by molar-refractivity contribution is 9.10. The number of hydrogen-bond donors (Lipinski definition) is 0. The fourth-order valence-corrected chi connectivity index (χ4v) is 4.76.